The average Bonchev–Trinajstić information content (AvgIpc) is 2.87. The molecule has 1 aromatic carbocycles. The number of nitrogens with one attached hydrogen (secondary N) is 1. The summed E-state index contributed by atoms with van der Waals surface area (Å²) in [5, 5.41) is 3.03. The lowest BCUT2D eigenvalue weighted by atomic mass is 10.1. The molecule has 1 aromatic rings. The maximum Gasteiger partial charge on any atom is 0.317 e. The summed E-state index contributed by atoms with van der Waals surface area (Å²) in [4.78, 5) is 16.7. The summed E-state index contributed by atoms with van der Waals surface area (Å²) in [6.45, 7) is 5.72. The van der Waals surface area contributed by atoms with Gasteiger partial charge in [-0.25, -0.2) is 4.79 Å². The highest BCUT2D eigenvalue weighted by Crippen LogP contribution is 2.27. The van der Waals surface area contributed by atoms with E-state index in [0.29, 0.717) is 6.54 Å². The molecule has 3 rings (SSSR count). The number of carbonyl (C=O) groups is 1. The number of hydrogen-bond acceptors (Lipinski definition) is 4. The topological polar surface area (TPSA) is 54.0 Å². The minimum atomic E-state index is 0.0168. The molecular weight excluding hydrogens is 306 g/mol. The highest BCUT2D eigenvalue weighted by Gasteiger charge is 2.24. The minimum Gasteiger partial charge on any atom is -0.488 e. The number of urea groups is 1. The van der Waals surface area contributed by atoms with Gasteiger partial charge in [0.25, 0.3) is 0 Å². The SMILES string of the molecule is COCCN1CCCN(C(=O)NC[C@H]2Cc3ccccc3O2)CC1. The monoisotopic (exact) mass is 333 g/mol. The first-order valence-electron chi connectivity index (χ1n) is 8.75. The van der Waals surface area contributed by atoms with Gasteiger partial charge in [0.15, 0.2) is 0 Å². The zero-order chi connectivity index (χ0) is 16.8. The third kappa shape index (κ3) is 4.39. The van der Waals surface area contributed by atoms with E-state index in [1.165, 1.54) is 5.56 Å². The van der Waals surface area contributed by atoms with Crippen molar-refractivity contribution in [2.45, 2.75) is 18.9 Å². The number of amides is 2. The zero-order valence-electron chi connectivity index (χ0n) is 14.4. The number of fused-ring (bicyclic) bond motifs is 1. The number of benzene rings is 1. The van der Waals surface area contributed by atoms with E-state index in [9.17, 15) is 4.79 Å². The first-order valence-corrected chi connectivity index (χ1v) is 8.75. The fraction of sp³-hybridized carbons (Fsp3) is 0.611. The molecule has 24 heavy (non-hydrogen) atoms. The van der Waals surface area contributed by atoms with Crippen LogP contribution in [-0.4, -0.2) is 74.9 Å². The van der Waals surface area contributed by atoms with E-state index in [4.69, 9.17) is 9.47 Å². The van der Waals surface area contributed by atoms with Crippen molar-refractivity contribution in [3.63, 3.8) is 0 Å². The maximum absolute atomic E-state index is 12.4. The summed E-state index contributed by atoms with van der Waals surface area (Å²) in [6, 6.07) is 8.09. The molecule has 2 aliphatic heterocycles. The van der Waals surface area contributed by atoms with Gasteiger partial charge in [0, 0.05) is 39.7 Å². The predicted octanol–water partition coefficient (Wildman–Crippen LogP) is 1.35. The summed E-state index contributed by atoms with van der Waals surface area (Å²) in [5.41, 5.74) is 1.22. The van der Waals surface area contributed by atoms with Gasteiger partial charge >= 0.3 is 6.03 Å². The van der Waals surface area contributed by atoms with Crippen LogP contribution in [0.15, 0.2) is 24.3 Å². The number of nitrogens with zero attached hydrogens (tertiary/aromatic N) is 2. The first-order chi connectivity index (χ1) is 11.8. The molecule has 0 spiro atoms. The molecule has 6 nitrogen and oxygen atoms in total. The first kappa shape index (κ1) is 17.0. The Bertz CT molecular complexity index is 527. The van der Waals surface area contributed by atoms with Gasteiger partial charge in [-0.05, 0) is 24.6 Å². The molecule has 2 aliphatic rings. The van der Waals surface area contributed by atoms with E-state index in [1.807, 2.05) is 23.1 Å². The van der Waals surface area contributed by atoms with Gasteiger partial charge in [0.1, 0.15) is 11.9 Å². The van der Waals surface area contributed by atoms with Gasteiger partial charge in [-0.2, -0.15) is 0 Å². The van der Waals surface area contributed by atoms with Gasteiger partial charge < -0.3 is 19.7 Å². The molecule has 1 N–H and O–H groups in total. The second-order valence-corrected chi connectivity index (χ2v) is 6.41. The van der Waals surface area contributed by atoms with E-state index in [1.54, 1.807) is 7.11 Å². The van der Waals surface area contributed by atoms with Crippen LogP contribution in [0.5, 0.6) is 5.75 Å². The van der Waals surface area contributed by atoms with Crippen LogP contribution in [0.25, 0.3) is 0 Å². The van der Waals surface area contributed by atoms with Crippen LogP contribution in [0.3, 0.4) is 0 Å². The van der Waals surface area contributed by atoms with Gasteiger partial charge in [-0.3, -0.25) is 4.90 Å². The quantitative estimate of drug-likeness (QED) is 0.884. The second-order valence-electron chi connectivity index (χ2n) is 6.41. The minimum absolute atomic E-state index is 0.0168. The van der Waals surface area contributed by atoms with Crippen molar-refractivity contribution >= 4 is 6.03 Å². The molecule has 0 aromatic heterocycles. The highest BCUT2D eigenvalue weighted by molar-refractivity contribution is 5.74. The van der Waals surface area contributed by atoms with Crippen LogP contribution in [0.1, 0.15) is 12.0 Å². The van der Waals surface area contributed by atoms with E-state index < -0.39 is 0 Å². The number of ether oxygens (including phenoxy) is 2. The smallest absolute Gasteiger partial charge is 0.317 e. The van der Waals surface area contributed by atoms with Crippen LogP contribution in [-0.2, 0) is 11.2 Å². The molecule has 1 fully saturated rings. The number of para-hydroxylation sites is 1. The van der Waals surface area contributed by atoms with Gasteiger partial charge in [-0.1, -0.05) is 18.2 Å². The Morgan fingerprint density at radius 2 is 2.17 bits per heavy atom. The fourth-order valence-corrected chi connectivity index (χ4v) is 3.30. The second kappa shape index (κ2) is 8.35. The maximum atomic E-state index is 12.4. The molecule has 2 heterocycles. The number of hydrogen-bond donors (Lipinski definition) is 1. The molecular formula is C18H27N3O3. The Morgan fingerprint density at radius 1 is 1.29 bits per heavy atom. The van der Waals surface area contributed by atoms with E-state index in [0.717, 1.165) is 57.9 Å². The van der Waals surface area contributed by atoms with Crippen molar-refractivity contribution in [1.29, 1.82) is 0 Å². The van der Waals surface area contributed by atoms with Crippen LogP contribution in [0, 0.1) is 0 Å². The molecule has 6 heteroatoms. The average molecular weight is 333 g/mol. The summed E-state index contributed by atoms with van der Waals surface area (Å²) in [5.74, 6) is 0.945. The highest BCUT2D eigenvalue weighted by atomic mass is 16.5. The van der Waals surface area contributed by atoms with Crippen molar-refractivity contribution in [2.24, 2.45) is 0 Å². The molecule has 0 unspecified atom stereocenters. The van der Waals surface area contributed by atoms with Crippen molar-refractivity contribution in [2.75, 3.05) is 53.0 Å². The molecule has 0 bridgehead atoms. The van der Waals surface area contributed by atoms with Crippen molar-refractivity contribution in [1.82, 2.24) is 15.1 Å². The zero-order valence-corrected chi connectivity index (χ0v) is 14.4. The number of carbonyl (C=O) groups excluding carboxylic acids is 1. The Labute approximate surface area is 143 Å². The van der Waals surface area contributed by atoms with E-state index in [-0.39, 0.29) is 12.1 Å². The summed E-state index contributed by atoms with van der Waals surface area (Å²) in [6.07, 6.45) is 1.90. The Balaban J connectivity index is 1.41. The summed E-state index contributed by atoms with van der Waals surface area (Å²) < 4.78 is 11.0. The van der Waals surface area contributed by atoms with Gasteiger partial charge in [-0.15, -0.1) is 0 Å². The van der Waals surface area contributed by atoms with E-state index in [2.05, 4.69) is 16.3 Å². The van der Waals surface area contributed by atoms with Crippen LogP contribution in [0.2, 0.25) is 0 Å². The lowest BCUT2D eigenvalue weighted by Crippen LogP contribution is -2.45. The molecule has 0 radical (unpaired) electrons. The Morgan fingerprint density at radius 3 is 3.00 bits per heavy atom. The van der Waals surface area contributed by atoms with Crippen LogP contribution >= 0.6 is 0 Å². The molecule has 0 aliphatic carbocycles. The summed E-state index contributed by atoms with van der Waals surface area (Å²) >= 11 is 0. The molecule has 1 saturated heterocycles. The fourth-order valence-electron chi connectivity index (χ4n) is 3.30. The third-order valence-electron chi connectivity index (χ3n) is 4.68. The van der Waals surface area contributed by atoms with E-state index >= 15 is 0 Å². The molecule has 132 valence electrons. The van der Waals surface area contributed by atoms with Gasteiger partial charge in [0.2, 0.25) is 0 Å². The number of methoxy groups -OCH3 is 1. The molecule has 1 atom stereocenters. The van der Waals surface area contributed by atoms with Gasteiger partial charge in [0.05, 0.1) is 13.2 Å². The van der Waals surface area contributed by atoms with Crippen molar-refractivity contribution < 1.29 is 14.3 Å². The third-order valence-corrected chi connectivity index (χ3v) is 4.68. The van der Waals surface area contributed by atoms with Crippen molar-refractivity contribution in [3.8, 4) is 5.75 Å². The van der Waals surface area contributed by atoms with Crippen LogP contribution in [0.4, 0.5) is 4.79 Å². The normalized spacial score (nSPS) is 21.0. The predicted molar refractivity (Wildman–Crippen MR) is 92.5 cm³/mol. The summed E-state index contributed by atoms with van der Waals surface area (Å²) in [7, 11) is 1.72. The van der Waals surface area contributed by atoms with Crippen LogP contribution < -0.4 is 10.1 Å². The Hall–Kier alpha value is -1.79. The lowest BCUT2D eigenvalue weighted by Gasteiger charge is -2.23. The lowest BCUT2D eigenvalue weighted by molar-refractivity contribution is 0.149. The Kier molecular flexibility index (Phi) is 5.93. The number of rotatable bonds is 5. The largest absolute Gasteiger partial charge is 0.488 e. The molecule has 2 amide bonds. The molecule has 0 saturated carbocycles. The standard InChI is InChI=1S/C18H27N3O3/c1-23-12-11-20-7-4-8-21(10-9-20)18(22)19-14-16-13-15-5-2-3-6-17(15)24-16/h2-3,5-6,16H,4,7-14H2,1H3,(H,19,22)/t16-/m1/s1. The van der Waals surface area contributed by atoms with Crippen molar-refractivity contribution in [3.05, 3.63) is 29.8 Å².